The van der Waals surface area contributed by atoms with Crippen molar-refractivity contribution in [3.63, 3.8) is 0 Å². The number of nitrogens with one attached hydrogen (secondary N) is 1. The zero-order valence-corrected chi connectivity index (χ0v) is 10.4. The molecule has 6 nitrogen and oxygen atoms in total. The van der Waals surface area contributed by atoms with Crippen molar-refractivity contribution in [2.45, 2.75) is 25.8 Å². The van der Waals surface area contributed by atoms with E-state index < -0.39 is 0 Å². The SMILES string of the molecule is CCOC(=O)N1CCC(NCC(=O)OC)CC1. The van der Waals surface area contributed by atoms with Crippen LogP contribution in [0.3, 0.4) is 0 Å². The molecule has 1 rings (SSSR count). The fraction of sp³-hybridized carbons (Fsp3) is 0.818. The predicted octanol–water partition coefficient (Wildman–Crippen LogP) is 0.370. The summed E-state index contributed by atoms with van der Waals surface area (Å²) >= 11 is 0. The van der Waals surface area contributed by atoms with E-state index in [0.29, 0.717) is 19.7 Å². The first-order valence-electron chi connectivity index (χ1n) is 5.89. The van der Waals surface area contributed by atoms with Gasteiger partial charge in [-0.3, -0.25) is 4.79 Å². The number of ether oxygens (including phenoxy) is 2. The number of methoxy groups -OCH3 is 1. The van der Waals surface area contributed by atoms with Gasteiger partial charge in [-0.1, -0.05) is 0 Å². The minimum atomic E-state index is -0.266. The second-order valence-electron chi connectivity index (χ2n) is 3.92. The Bertz CT molecular complexity index is 262. The summed E-state index contributed by atoms with van der Waals surface area (Å²) in [4.78, 5) is 24.1. The van der Waals surface area contributed by atoms with Crippen LogP contribution in [0.1, 0.15) is 19.8 Å². The third-order valence-corrected chi connectivity index (χ3v) is 2.78. The molecule has 0 aromatic heterocycles. The Hall–Kier alpha value is -1.30. The van der Waals surface area contributed by atoms with Crippen LogP contribution in [0.2, 0.25) is 0 Å². The van der Waals surface area contributed by atoms with Gasteiger partial charge in [0.15, 0.2) is 0 Å². The summed E-state index contributed by atoms with van der Waals surface area (Å²) in [5.74, 6) is -0.266. The third-order valence-electron chi connectivity index (χ3n) is 2.78. The van der Waals surface area contributed by atoms with Crippen LogP contribution in [0.5, 0.6) is 0 Å². The molecule has 1 aliphatic heterocycles. The van der Waals surface area contributed by atoms with Crippen molar-refractivity contribution in [3.05, 3.63) is 0 Å². The first-order valence-corrected chi connectivity index (χ1v) is 5.89. The number of carbonyl (C=O) groups excluding carboxylic acids is 2. The van der Waals surface area contributed by atoms with Crippen molar-refractivity contribution in [2.24, 2.45) is 0 Å². The molecule has 0 radical (unpaired) electrons. The summed E-state index contributed by atoms with van der Waals surface area (Å²) in [5.41, 5.74) is 0. The van der Waals surface area contributed by atoms with Gasteiger partial charge in [0.1, 0.15) is 0 Å². The van der Waals surface area contributed by atoms with E-state index >= 15 is 0 Å². The molecule has 1 aliphatic rings. The van der Waals surface area contributed by atoms with Crippen LogP contribution in [-0.4, -0.2) is 56.4 Å². The lowest BCUT2D eigenvalue weighted by atomic mass is 10.1. The molecule has 6 heteroatoms. The van der Waals surface area contributed by atoms with Crippen LogP contribution in [0.4, 0.5) is 4.79 Å². The molecule has 98 valence electrons. The number of nitrogens with zero attached hydrogens (tertiary/aromatic N) is 1. The predicted molar refractivity (Wildman–Crippen MR) is 61.6 cm³/mol. The van der Waals surface area contributed by atoms with Gasteiger partial charge in [-0.25, -0.2) is 4.79 Å². The molecule has 1 saturated heterocycles. The maximum absolute atomic E-state index is 11.4. The second kappa shape index (κ2) is 7.11. The van der Waals surface area contributed by atoms with Gasteiger partial charge in [-0.15, -0.1) is 0 Å². The highest BCUT2D eigenvalue weighted by Gasteiger charge is 2.23. The van der Waals surface area contributed by atoms with Crippen molar-refractivity contribution >= 4 is 12.1 Å². The highest BCUT2D eigenvalue weighted by molar-refractivity contribution is 5.71. The summed E-state index contributed by atoms with van der Waals surface area (Å²) in [6.45, 7) is 3.75. The Balaban J connectivity index is 2.21. The number of piperidine rings is 1. The number of hydrogen-bond acceptors (Lipinski definition) is 5. The summed E-state index contributed by atoms with van der Waals surface area (Å²) in [7, 11) is 1.37. The maximum atomic E-state index is 11.4. The molecular weight excluding hydrogens is 224 g/mol. The lowest BCUT2D eigenvalue weighted by Crippen LogP contribution is -2.46. The zero-order chi connectivity index (χ0) is 12.7. The summed E-state index contributed by atoms with van der Waals surface area (Å²) in [6.07, 6.45) is 1.41. The zero-order valence-electron chi connectivity index (χ0n) is 10.4. The molecular formula is C11H20N2O4. The minimum Gasteiger partial charge on any atom is -0.468 e. The van der Waals surface area contributed by atoms with Gasteiger partial charge in [-0.05, 0) is 19.8 Å². The summed E-state index contributed by atoms with van der Waals surface area (Å²) < 4.78 is 9.47. The van der Waals surface area contributed by atoms with Crippen LogP contribution < -0.4 is 5.32 Å². The fourth-order valence-electron chi connectivity index (χ4n) is 1.78. The number of rotatable bonds is 4. The normalized spacial score (nSPS) is 16.7. The average molecular weight is 244 g/mol. The van der Waals surface area contributed by atoms with Gasteiger partial charge >= 0.3 is 12.1 Å². The number of esters is 1. The topological polar surface area (TPSA) is 67.9 Å². The van der Waals surface area contributed by atoms with E-state index in [1.54, 1.807) is 11.8 Å². The van der Waals surface area contributed by atoms with E-state index in [1.165, 1.54) is 7.11 Å². The lowest BCUT2D eigenvalue weighted by Gasteiger charge is -2.31. The van der Waals surface area contributed by atoms with Crippen molar-refractivity contribution < 1.29 is 19.1 Å². The molecule has 0 unspecified atom stereocenters. The van der Waals surface area contributed by atoms with Crippen LogP contribution in [0.25, 0.3) is 0 Å². The Morgan fingerprint density at radius 2 is 2.00 bits per heavy atom. The fourth-order valence-corrected chi connectivity index (χ4v) is 1.78. The Morgan fingerprint density at radius 1 is 1.35 bits per heavy atom. The van der Waals surface area contributed by atoms with E-state index in [9.17, 15) is 9.59 Å². The molecule has 1 amide bonds. The average Bonchev–Trinajstić information content (AvgIpc) is 2.36. The van der Waals surface area contributed by atoms with Crippen molar-refractivity contribution in [1.29, 1.82) is 0 Å². The first-order chi connectivity index (χ1) is 8.17. The standard InChI is InChI=1S/C11H20N2O4/c1-3-17-11(15)13-6-4-9(5-7-13)12-8-10(14)16-2/h9,12H,3-8H2,1-2H3. The van der Waals surface area contributed by atoms with E-state index in [1.807, 2.05) is 0 Å². The molecule has 0 bridgehead atoms. The molecule has 0 spiro atoms. The van der Waals surface area contributed by atoms with Gasteiger partial charge in [0, 0.05) is 19.1 Å². The molecule has 1 N–H and O–H groups in total. The largest absolute Gasteiger partial charge is 0.468 e. The Labute approximate surface area is 101 Å². The number of carbonyl (C=O) groups is 2. The van der Waals surface area contributed by atoms with Gasteiger partial charge < -0.3 is 19.7 Å². The lowest BCUT2D eigenvalue weighted by molar-refractivity contribution is -0.139. The van der Waals surface area contributed by atoms with Crippen molar-refractivity contribution in [1.82, 2.24) is 10.2 Å². The molecule has 0 aromatic carbocycles. The second-order valence-corrected chi connectivity index (χ2v) is 3.92. The van der Waals surface area contributed by atoms with Crippen LogP contribution in [0.15, 0.2) is 0 Å². The monoisotopic (exact) mass is 244 g/mol. The molecule has 1 fully saturated rings. The smallest absolute Gasteiger partial charge is 0.409 e. The van der Waals surface area contributed by atoms with E-state index in [-0.39, 0.29) is 24.6 Å². The molecule has 0 aromatic rings. The minimum absolute atomic E-state index is 0.223. The maximum Gasteiger partial charge on any atom is 0.409 e. The molecule has 1 heterocycles. The molecule has 17 heavy (non-hydrogen) atoms. The highest BCUT2D eigenvalue weighted by atomic mass is 16.6. The Morgan fingerprint density at radius 3 is 2.53 bits per heavy atom. The Kier molecular flexibility index (Phi) is 5.76. The summed E-state index contributed by atoms with van der Waals surface area (Å²) in [6, 6.07) is 0.264. The third kappa shape index (κ3) is 4.60. The van der Waals surface area contributed by atoms with E-state index in [0.717, 1.165) is 12.8 Å². The van der Waals surface area contributed by atoms with Gasteiger partial charge in [0.2, 0.25) is 0 Å². The van der Waals surface area contributed by atoms with E-state index in [4.69, 9.17) is 4.74 Å². The van der Waals surface area contributed by atoms with Crippen LogP contribution in [-0.2, 0) is 14.3 Å². The van der Waals surface area contributed by atoms with E-state index in [2.05, 4.69) is 10.1 Å². The van der Waals surface area contributed by atoms with Crippen LogP contribution >= 0.6 is 0 Å². The summed E-state index contributed by atoms with van der Waals surface area (Å²) in [5, 5.41) is 3.11. The molecule has 0 saturated carbocycles. The van der Waals surface area contributed by atoms with Crippen molar-refractivity contribution in [3.8, 4) is 0 Å². The number of likely N-dealkylation sites (tertiary alicyclic amines) is 1. The van der Waals surface area contributed by atoms with Crippen LogP contribution in [0, 0.1) is 0 Å². The molecule has 0 aliphatic carbocycles. The first kappa shape index (κ1) is 13.8. The number of hydrogen-bond donors (Lipinski definition) is 1. The highest BCUT2D eigenvalue weighted by Crippen LogP contribution is 2.11. The van der Waals surface area contributed by atoms with Crippen molar-refractivity contribution in [2.75, 3.05) is 33.4 Å². The van der Waals surface area contributed by atoms with Gasteiger partial charge in [0.05, 0.1) is 20.3 Å². The molecule has 0 atom stereocenters. The quantitative estimate of drug-likeness (QED) is 0.724. The number of amides is 1. The van der Waals surface area contributed by atoms with Gasteiger partial charge in [-0.2, -0.15) is 0 Å². The van der Waals surface area contributed by atoms with Gasteiger partial charge in [0.25, 0.3) is 0 Å².